The fourth-order valence-corrected chi connectivity index (χ4v) is 7.08. The lowest BCUT2D eigenvalue weighted by Gasteiger charge is -2.45. The average Bonchev–Trinajstić information content (AvgIpc) is 3.68. The van der Waals surface area contributed by atoms with Crippen LogP contribution in [0.2, 0.25) is 5.02 Å². The summed E-state index contributed by atoms with van der Waals surface area (Å²) in [4.78, 5) is 35.1. The zero-order chi connectivity index (χ0) is 32.5. The molecule has 2 N–H and O–H groups in total. The Morgan fingerprint density at radius 3 is 2.50 bits per heavy atom. The summed E-state index contributed by atoms with van der Waals surface area (Å²) in [5.74, 6) is 0.621. The van der Waals surface area contributed by atoms with Crippen molar-refractivity contribution >= 4 is 29.1 Å². The number of nitrogens with one attached hydrogen (secondary N) is 2. The van der Waals surface area contributed by atoms with Gasteiger partial charge in [0.15, 0.2) is 5.82 Å². The van der Waals surface area contributed by atoms with Crippen LogP contribution in [0.4, 0.5) is 0 Å². The van der Waals surface area contributed by atoms with Crippen molar-refractivity contribution in [3.63, 3.8) is 0 Å². The number of hydrogen-bond donors (Lipinski definition) is 2. The van der Waals surface area contributed by atoms with E-state index in [-0.39, 0.29) is 35.9 Å². The monoisotopic (exact) mass is 645 g/mol. The van der Waals surface area contributed by atoms with Gasteiger partial charge in [-0.3, -0.25) is 14.6 Å². The highest BCUT2D eigenvalue weighted by Crippen LogP contribution is 2.48. The number of aromatic nitrogens is 4. The van der Waals surface area contributed by atoms with E-state index in [0.29, 0.717) is 34.6 Å². The van der Waals surface area contributed by atoms with Gasteiger partial charge in [0.2, 0.25) is 0 Å². The number of rotatable bonds is 11. The fraction of sp³-hybridized carbons (Fsp3) is 0.543. The molecule has 2 aromatic carbocycles. The molecule has 1 aliphatic heterocycles. The van der Waals surface area contributed by atoms with Crippen molar-refractivity contribution < 1.29 is 14.3 Å². The van der Waals surface area contributed by atoms with Gasteiger partial charge in [-0.1, -0.05) is 49.7 Å². The van der Waals surface area contributed by atoms with Gasteiger partial charge in [0.05, 0.1) is 18.7 Å². The molecule has 46 heavy (non-hydrogen) atoms. The van der Waals surface area contributed by atoms with E-state index in [1.807, 2.05) is 43.3 Å². The Balaban J connectivity index is 1.34. The number of hydrogen-bond acceptors (Lipinski definition) is 7. The van der Waals surface area contributed by atoms with Crippen LogP contribution in [0.1, 0.15) is 124 Å². The number of halogens is 1. The Morgan fingerprint density at radius 2 is 1.87 bits per heavy atom. The molecule has 10 nitrogen and oxygen atoms in total. The van der Waals surface area contributed by atoms with Crippen molar-refractivity contribution in [2.75, 3.05) is 6.61 Å². The summed E-state index contributed by atoms with van der Waals surface area (Å²) in [5.41, 5.74) is 3.37. The van der Waals surface area contributed by atoms with E-state index in [1.54, 1.807) is 0 Å². The molecule has 0 bridgehead atoms. The zero-order valence-electron chi connectivity index (χ0n) is 27.2. The lowest BCUT2D eigenvalue weighted by molar-refractivity contribution is -0.134. The second-order valence-electron chi connectivity index (χ2n) is 14.1. The Bertz CT molecular complexity index is 1570. The number of carbonyl (C=O) groups is 2. The van der Waals surface area contributed by atoms with Crippen molar-refractivity contribution in [2.24, 2.45) is 10.4 Å². The normalized spacial score (nSPS) is 22.3. The van der Waals surface area contributed by atoms with Crippen LogP contribution < -0.4 is 5.32 Å². The summed E-state index contributed by atoms with van der Waals surface area (Å²) in [6.45, 7) is 9.55. The Kier molecular flexibility index (Phi) is 9.30. The van der Waals surface area contributed by atoms with Crippen LogP contribution in [0, 0.1) is 5.41 Å². The van der Waals surface area contributed by atoms with Crippen LogP contribution in [0.3, 0.4) is 0 Å². The van der Waals surface area contributed by atoms with Gasteiger partial charge in [-0.15, -0.1) is 10.2 Å². The second kappa shape index (κ2) is 13.2. The predicted octanol–water partition coefficient (Wildman–Crippen LogP) is 6.53. The number of benzene rings is 2. The molecule has 2 fully saturated rings. The smallest absolute Gasteiger partial charge is 0.275 e. The molecule has 1 atom stereocenters. The molecular formula is C35H44ClN7O3. The predicted molar refractivity (Wildman–Crippen MR) is 177 cm³/mol. The summed E-state index contributed by atoms with van der Waals surface area (Å²) >= 11 is 6.62. The first-order chi connectivity index (χ1) is 22.0. The van der Waals surface area contributed by atoms with E-state index in [0.717, 1.165) is 62.5 Å². The first kappa shape index (κ1) is 32.3. The van der Waals surface area contributed by atoms with Crippen molar-refractivity contribution in [1.29, 1.82) is 0 Å². The van der Waals surface area contributed by atoms with Gasteiger partial charge in [0.25, 0.3) is 11.8 Å². The molecule has 6 rings (SSSR count). The lowest BCUT2D eigenvalue weighted by atomic mass is 9.82. The second-order valence-corrected chi connectivity index (χ2v) is 14.5. The standard InChI is InChI=1S/C35H44ClN7O3/c1-5-46-28-12-16-35(17-13-28)38-31(26-18-25(22-6-7-22)19-27(36)20-26)33(45)43(35)29(14-15-34(2,3)4)23-8-10-24(11-9-23)32(44)37-21-30-39-41-42-40-30/h8-11,18-20,22,28-29H,5-7,12-17,21H2,1-4H3,(H,37,44)(H,39,40,41,42)/t28?,29-,35?/m1/s1. The Morgan fingerprint density at radius 1 is 1.13 bits per heavy atom. The highest BCUT2D eigenvalue weighted by atomic mass is 35.5. The quantitative estimate of drug-likeness (QED) is 0.244. The van der Waals surface area contributed by atoms with E-state index in [9.17, 15) is 9.59 Å². The third-order valence-corrected chi connectivity index (χ3v) is 9.62. The van der Waals surface area contributed by atoms with Gasteiger partial charge in [-0.25, -0.2) is 0 Å². The van der Waals surface area contributed by atoms with Crippen LogP contribution in [0.25, 0.3) is 0 Å². The minimum absolute atomic E-state index is 0.0558. The summed E-state index contributed by atoms with van der Waals surface area (Å²) in [7, 11) is 0. The maximum Gasteiger partial charge on any atom is 0.275 e. The van der Waals surface area contributed by atoms with Crippen LogP contribution in [-0.4, -0.2) is 61.4 Å². The number of H-pyrrole nitrogens is 1. The van der Waals surface area contributed by atoms with Gasteiger partial charge >= 0.3 is 0 Å². The van der Waals surface area contributed by atoms with Crippen molar-refractivity contribution in [1.82, 2.24) is 30.8 Å². The average molecular weight is 646 g/mol. The molecule has 244 valence electrons. The van der Waals surface area contributed by atoms with Gasteiger partial charge in [-0.2, -0.15) is 5.21 Å². The molecule has 1 aromatic heterocycles. The molecule has 0 unspecified atom stereocenters. The van der Waals surface area contributed by atoms with Gasteiger partial charge in [0.1, 0.15) is 11.4 Å². The molecule has 1 spiro atoms. The van der Waals surface area contributed by atoms with Crippen LogP contribution in [0.5, 0.6) is 0 Å². The van der Waals surface area contributed by atoms with Crippen molar-refractivity contribution in [3.05, 3.63) is 75.6 Å². The number of aromatic amines is 1. The summed E-state index contributed by atoms with van der Waals surface area (Å²) in [6.07, 6.45) is 7.26. The minimum Gasteiger partial charge on any atom is -0.379 e. The van der Waals surface area contributed by atoms with E-state index in [1.165, 1.54) is 5.56 Å². The molecule has 3 aliphatic rings. The molecular weight excluding hydrogens is 602 g/mol. The fourth-order valence-electron chi connectivity index (χ4n) is 6.83. The molecule has 0 radical (unpaired) electrons. The van der Waals surface area contributed by atoms with Crippen LogP contribution >= 0.6 is 11.6 Å². The number of carbonyl (C=O) groups excluding carboxylic acids is 2. The van der Waals surface area contributed by atoms with E-state index in [4.69, 9.17) is 21.3 Å². The molecule has 2 saturated carbocycles. The van der Waals surface area contributed by atoms with Gasteiger partial charge < -0.3 is 15.0 Å². The number of aliphatic imine (C=N–C) groups is 1. The molecule has 0 saturated heterocycles. The minimum atomic E-state index is -0.675. The third-order valence-electron chi connectivity index (χ3n) is 9.40. The number of tetrazole rings is 1. The van der Waals surface area contributed by atoms with Crippen LogP contribution in [0.15, 0.2) is 47.5 Å². The summed E-state index contributed by atoms with van der Waals surface area (Å²) in [5, 5.41) is 17.2. The van der Waals surface area contributed by atoms with E-state index in [2.05, 4.69) is 57.7 Å². The SMILES string of the molecule is CCOC1CCC2(CC1)N=C(c1cc(Cl)cc(C3CC3)c1)C(=O)N2[C@H](CCC(C)(C)C)c1ccc(C(=O)NCc2nn[nH]n2)cc1. The van der Waals surface area contributed by atoms with E-state index < -0.39 is 5.66 Å². The number of ether oxygens (including phenoxy) is 1. The molecule has 2 aliphatic carbocycles. The van der Waals surface area contributed by atoms with Gasteiger partial charge in [-0.05, 0) is 111 Å². The molecule has 2 amide bonds. The largest absolute Gasteiger partial charge is 0.379 e. The zero-order valence-corrected chi connectivity index (χ0v) is 27.9. The van der Waals surface area contributed by atoms with E-state index >= 15 is 0 Å². The Labute approximate surface area is 275 Å². The van der Waals surface area contributed by atoms with Crippen LogP contribution in [-0.2, 0) is 16.1 Å². The molecule has 2 heterocycles. The molecule has 11 heteroatoms. The highest BCUT2D eigenvalue weighted by molar-refractivity contribution is 6.47. The topological polar surface area (TPSA) is 125 Å². The number of nitrogens with zero attached hydrogens (tertiary/aromatic N) is 5. The summed E-state index contributed by atoms with van der Waals surface area (Å²) in [6, 6.07) is 13.4. The number of amides is 2. The summed E-state index contributed by atoms with van der Waals surface area (Å²) < 4.78 is 6.02. The Hall–Kier alpha value is -3.63. The van der Waals surface area contributed by atoms with Gasteiger partial charge in [0, 0.05) is 22.8 Å². The maximum absolute atomic E-state index is 14.7. The van der Waals surface area contributed by atoms with Crippen molar-refractivity contribution in [3.8, 4) is 0 Å². The highest BCUT2D eigenvalue weighted by Gasteiger charge is 2.52. The first-order valence-corrected chi connectivity index (χ1v) is 16.9. The van der Waals surface area contributed by atoms with Crippen molar-refractivity contribution in [2.45, 2.75) is 109 Å². The third kappa shape index (κ3) is 7.18. The lowest BCUT2D eigenvalue weighted by Crippen LogP contribution is -2.51. The first-order valence-electron chi connectivity index (χ1n) is 16.5. The maximum atomic E-state index is 14.7. The molecule has 3 aromatic rings.